The van der Waals surface area contributed by atoms with Gasteiger partial charge in [0.05, 0.1) is 38.5 Å². The normalized spacial score (nSPS) is 21.3. The summed E-state index contributed by atoms with van der Waals surface area (Å²) in [5, 5.41) is 11.0. The number of hydrogen-bond donors (Lipinski definition) is 4. The highest BCUT2D eigenvalue weighted by atomic mass is 19.1. The molecule has 8 atom stereocenters. The largest absolute Gasteiger partial charge is 0.453 e. The quantitative estimate of drug-likeness (QED) is 0.155. The Morgan fingerprint density at radius 3 is 1.33 bits per heavy atom. The third-order valence-corrected chi connectivity index (χ3v) is 12.4. The smallest absolute Gasteiger partial charge is 0.407 e. The van der Waals surface area contributed by atoms with Crippen LogP contribution in [0.25, 0.3) is 0 Å². The lowest BCUT2D eigenvalue weighted by atomic mass is 10.0. The van der Waals surface area contributed by atoms with E-state index in [-0.39, 0.29) is 29.7 Å². The van der Waals surface area contributed by atoms with Gasteiger partial charge in [-0.3, -0.25) is 19.2 Å². The van der Waals surface area contributed by atoms with Gasteiger partial charge in [0.25, 0.3) is 0 Å². The van der Waals surface area contributed by atoms with Gasteiger partial charge in [0.15, 0.2) is 0 Å². The number of hydrogen-bond acceptors (Lipinski definition) is 11. The predicted molar refractivity (Wildman–Crippen MR) is 235 cm³/mol. The van der Waals surface area contributed by atoms with Crippen molar-refractivity contribution in [1.82, 2.24) is 20.4 Å². The maximum absolute atomic E-state index is 14.2. The molecule has 6 amide bonds. The van der Waals surface area contributed by atoms with E-state index in [1.54, 1.807) is 26.0 Å². The number of alkyl carbamates (subject to hydrolysis) is 2. The first kappa shape index (κ1) is 47.2. The summed E-state index contributed by atoms with van der Waals surface area (Å²) in [6.45, 7) is 4.00. The van der Waals surface area contributed by atoms with Crippen molar-refractivity contribution in [2.45, 2.75) is 101 Å². The molecule has 4 N–H and O–H groups in total. The van der Waals surface area contributed by atoms with Gasteiger partial charge in [-0.15, -0.1) is 0 Å². The Morgan fingerprint density at radius 2 is 0.969 bits per heavy atom. The number of methoxy groups -OCH3 is 4. The zero-order valence-corrected chi connectivity index (χ0v) is 37.0. The first-order valence-electron chi connectivity index (χ1n) is 21.5. The van der Waals surface area contributed by atoms with Gasteiger partial charge >= 0.3 is 12.2 Å². The monoisotopic (exact) mass is 887 g/mol. The summed E-state index contributed by atoms with van der Waals surface area (Å²) >= 11 is 0. The van der Waals surface area contributed by atoms with E-state index in [4.69, 9.17) is 18.9 Å². The van der Waals surface area contributed by atoms with Crippen molar-refractivity contribution >= 4 is 52.9 Å². The van der Waals surface area contributed by atoms with Crippen molar-refractivity contribution in [3.8, 4) is 0 Å². The molecule has 3 aliphatic heterocycles. The van der Waals surface area contributed by atoms with Crippen LogP contribution in [-0.4, -0.2) is 124 Å². The maximum Gasteiger partial charge on any atom is 0.407 e. The Kier molecular flexibility index (Phi) is 15.8. The number of nitrogens with one attached hydrogen (secondary N) is 4. The van der Waals surface area contributed by atoms with Crippen molar-refractivity contribution in [3.05, 3.63) is 89.7 Å². The van der Waals surface area contributed by atoms with Crippen molar-refractivity contribution in [2.24, 2.45) is 0 Å². The van der Waals surface area contributed by atoms with Crippen LogP contribution in [0.3, 0.4) is 0 Å². The minimum atomic E-state index is -1.04. The number of halogens is 1. The molecule has 18 heteroatoms. The van der Waals surface area contributed by atoms with E-state index in [1.807, 2.05) is 48.5 Å². The molecule has 3 aromatic rings. The van der Waals surface area contributed by atoms with Crippen molar-refractivity contribution in [3.63, 3.8) is 0 Å². The van der Waals surface area contributed by atoms with E-state index in [0.29, 0.717) is 50.1 Å². The fraction of sp³-hybridized carbons (Fsp3) is 0.478. The van der Waals surface area contributed by atoms with Crippen LogP contribution in [0.1, 0.15) is 75.6 Å². The van der Waals surface area contributed by atoms with Gasteiger partial charge in [0.2, 0.25) is 23.6 Å². The first-order valence-corrected chi connectivity index (χ1v) is 21.5. The summed E-state index contributed by atoms with van der Waals surface area (Å²) in [4.78, 5) is 83.7. The van der Waals surface area contributed by atoms with Gasteiger partial charge in [-0.05, 0) is 112 Å². The number of carbonyl (C=O) groups is 6. The van der Waals surface area contributed by atoms with E-state index in [9.17, 15) is 33.2 Å². The van der Waals surface area contributed by atoms with Crippen LogP contribution in [0.5, 0.6) is 0 Å². The second kappa shape index (κ2) is 21.4. The highest BCUT2D eigenvalue weighted by Gasteiger charge is 2.42. The Labute approximate surface area is 372 Å². The van der Waals surface area contributed by atoms with E-state index < -0.39 is 60.4 Å². The number of carbonyl (C=O) groups excluding carboxylic acids is 6. The number of amides is 6. The molecular weight excluding hydrogens is 830 g/mol. The molecule has 64 heavy (non-hydrogen) atoms. The molecule has 0 spiro atoms. The Balaban J connectivity index is 1.14. The van der Waals surface area contributed by atoms with Gasteiger partial charge in [0, 0.05) is 44.4 Å². The second-order valence-electron chi connectivity index (χ2n) is 16.2. The average Bonchev–Trinajstić information content (AvgIpc) is 4.11. The summed E-state index contributed by atoms with van der Waals surface area (Å²) in [7, 11) is 5.27. The lowest BCUT2D eigenvalue weighted by Crippen LogP contribution is -2.56. The number of likely N-dealkylation sites (tertiary alicyclic amines) is 2. The summed E-state index contributed by atoms with van der Waals surface area (Å²) in [5.74, 6) is -1.92. The van der Waals surface area contributed by atoms with E-state index in [1.165, 1.54) is 50.4 Å². The molecule has 3 heterocycles. The molecular formula is C46H58FN7O10. The zero-order chi connectivity index (χ0) is 46.1. The van der Waals surface area contributed by atoms with Crippen LogP contribution in [0.2, 0.25) is 0 Å². The van der Waals surface area contributed by atoms with Crippen LogP contribution in [0.15, 0.2) is 72.8 Å². The molecule has 3 aromatic carbocycles. The second-order valence-corrected chi connectivity index (χ2v) is 16.2. The molecule has 0 aliphatic carbocycles. The number of benzene rings is 3. The number of nitrogens with zero attached hydrogens (tertiary/aromatic N) is 3. The summed E-state index contributed by atoms with van der Waals surface area (Å²) in [6, 6.07) is 17.7. The van der Waals surface area contributed by atoms with E-state index >= 15 is 0 Å². The van der Waals surface area contributed by atoms with Gasteiger partial charge in [-0.2, -0.15) is 0 Å². The molecule has 3 fully saturated rings. The molecule has 0 bridgehead atoms. The summed E-state index contributed by atoms with van der Waals surface area (Å²) in [6.07, 6.45) is 0.785. The standard InChI is InChI=1S/C46H58FN7O10/c1-27(61-3)39(50-45(59)63-5)43(57)52-25-7-9-37(52)41(55)48-32-17-11-29(12-18-32)35-23-24-36(54(35)34-21-15-31(47)16-22-34)30-13-19-33(20-14-30)49-42(56)38-10-8-26-53(38)44(58)40(28(2)62-4)51-46(60)64-6/h11-22,27-28,35-40H,7-10,23-26H2,1-6H3,(H,48,55)(H,49,56)(H,50,59)(H,51,60)/t27-,28-,35+,36+,37+,38+,39+,40?/m1/s1. The third kappa shape index (κ3) is 10.7. The summed E-state index contributed by atoms with van der Waals surface area (Å²) in [5.41, 5.74) is 3.89. The Bertz CT molecular complexity index is 2000. The molecule has 6 rings (SSSR count). The minimum absolute atomic E-state index is 0.103. The van der Waals surface area contributed by atoms with Gasteiger partial charge in [0.1, 0.15) is 30.0 Å². The molecule has 344 valence electrons. The van der Waals surface area contributed by atoms with Gasteiger partial charge in [-0.1, -0.05) is 24.3 Å². The highest BCUT2D eigenvalue weighted by molar-refractivity contribution is 6.00. The van der Waals surface area contributed by atoms with E-state index in [2.05, 4.69) is 26.2 Å². The molecule has 1 unspecified atom stereocenters. The Hall–Kier alpha value is -6.27. The van der Waals surface area contributed by atoms with E-state index in [0.717, 1.165) is 29.7 Å². The lowest BCUT2D eigenvalue weighted by molar-refractivity contribution is -0.141. The lowest BCUT2D eigenvalue weighted by Gasteiger charge is -2.33. The fourth-order valence-electron chi connectivity index (χ4n) is 8.83. The number of rotatable bonds is 15. The molecule has 3 saturated heterocycles. The van der Waals surface area contributed by atoms with Crippen LogP contribution < -0.4 is 26.2 Å². The minimum Gasteiger partial charge on any atom is -0.453 e. The van der Waals surface area contributed by atoms with Crippen LogP contribution in [-0.2, 0) is 38.1 Å². The Morgan fingerprint density at radius 1 is 0.578 bits per heavy atom. The van der Waals surface area contributed by atoms with Gasteiger partial charge < -0.3 is 54.9 Å². The molecule has 0 saturated carbocycles. The zero-order valence-electron chi connectivity index (χ0n) is 37.0. The number of anilines is 3. The van der Waals surface area contributed by atoms with Crippen LogP contribution in [0, 0.1) is 5.82 Å². The molecule has 17 nitrogen and oxygen atoms in total. The fourth-order valence-corrected chi connectivity index (χ4v) is 8.83. The van der Waals surface area contributed by atoms with Crippen molar-refractivity contribution in [1.29, 1.82) is 0 Å². The van der Waals surface area contributed by atoms with Crippen LogP contribution >= 0.6 is 0 Å². The van der Waals surface area contributed by atoms with Crippen molar-refractivity contribution in [2.75, 3.05) is 57.1 Å². The molecule has 0 radical (unpaired) electrons. The highest BCUT2D eigenvalue weighted by Crippen LogP contribution is 2.47. The molecule has 0 aromatic heterocycles. The number of ether oxygens (including phenoxy) is 4. The van der Waals surface area contributed by atoms with Crippen LogP contribution in [0.4, 0.5) is 31.0 Å². The predicted octanol–water partition coefficient (Wildman–Crippen LogP) is 5.29. The SMILES string of the molecule is COC(=O)NC(C(=O)N1CCC[C@H]1C(=O)Nc1ccc([C@@H]2CC[C@@H](c3ccc(NC(=O)[C@@H]4CCCN4C(=O)[C@@H](NC(=O)OC)[C@@H](C)OC)cc3)N2c2ccc(F)cc2)cc1)[C@@H](C)OC. The first-order chi connectivity index (χ1) is 30.8. The topological polar surface area (TPSA) is 197 Å². The average molecular weight is 888 g/mol. The molecule has 3 aliphatic rings. The van der Waals surface area contributed by atoms with Gasteiger partial charge in [-0.25, -0.2) is 14.0 Å². The third-order valence-electron chi connectivity index (χ3n) is 12.4. The van der Waals surface area contributed by atoms with Crippen molar-refractivity contribution < 1.29 is 52.1 Å². The maximum atomic E-state index is 14.2. The summed E-state index contributed by atoms with van der Waals surface area (Å²) < 4.78 is 34.3.